The summed E-state index contributed by atoms with van der Waals surface area (Å²) in [5.74, 6) is 0.573. The minimum Gasteiger partial charge on any atom is -0.497 e. The predicted molar refractivity (Wildman–Crippen MR) is 160 cm³/mol. The number of benzene rings is 1. The minimum absolute atomic E-state index is 0.00668. The fourth-order valence-electron chi connectivity index (χ4n) is 4.93. The van der Waals surface area contributed by atoms with Crippen molar-refractivity contribution in [2.75, 3.05) is 13.7 Å². The first-order valence-corrected chi connectivity index (χ1v) is 17.9. The van der Waals surface area contributed by atoms with Gasteiger partial charge >= 0.3 is 23.8 Å². The fraction of sp³-hybridized carbons (Fsp3) is 0.643. The van der Waals surface area contributed by atoms with Crippen molar-refractivity contribution in [3.8, 4) is 17.0 Å². The summed E-state index contributed by atoms with van der Waals surface area (Å²) in [7, 11) is -6.44. The summed E-state index contributed by atoms with van der Waals surface area (Å²) in [5, 5.41) is 0. The van der Waals surface area contributed by atoms with Gasteiger partial charge in [-0.1, -0.05) is 12.1 Å². The Hall–Kier alpha value is -2.19. The Bertz CT molecular complexity index is 1330. The third-order valence-electron chi connectivity index (χ3n) is 6.30. The first-order valence-electron chi connectivity index (χ1n) is 14.6. The van der Waals surface area contributed by atoms with Gasteiger partial charge in [-0.05, 0) is 67.5 Å². The van der Waals surface area contributed by atoms with Crippen molar-refractivity contribution in [3.05, 3.63) is 51.2 Å². The lowest BCUT2D eigenvalue weighted by Gasteiger charge is -2.42. The molecule has 2 aliphatic heterocycles. The van der Waals surface area contributed by atoms with Crippen LogP contribution in [-0.4, -0.2) is 78.0 Å². The van der Waals surface area contributed by atoms with Gasteiger partial charge in [0.15, 0.2) is 0 Å². The molecule has 15 heteroatoms. The predicted octanol–water partition coefficient (Wildman–Crippen LogP) is 3.50. The zero-order valence-electron chi connectivity index (χ0n) is 26.3. The van der Waals surface area contributed by atoms with E-state index in [1.54, 1.807) is 31.4 Å². The molecule has 0 amide bonds. The monoisotopic (exact) mass is 640 g/mol. The molecular formula is C28H44N2O11Si2. The van der Waals surface area contributed by atoms with Crippen LogP contribution in [0.5, 0.6) is 5.75 Å². The summed E-state index contributed by atoms with van der Waals surface area (Å²) in [6, 6.07) is 8.44. The average molecular weight is 641 g/mol. The molecule has 2 aromatic rings. The van der Waals surface area contributed by atoms with Crippen molar-refractivity contribution in [1.82, 2.24) is 9.55 Å². The molecule has 0 spiro atoms. The Morgan fingerprint density at radius 1 is 0.860 bits per heavy atom. The van der Waals surface area contributed by atoms with Crippen molar-refractivity contribution < 1.29 is 40.1 Å². The zero-order chi connectivity index (χ0) is 31.5. The van der Waals surface area contributed by atoms with Crippen LogP contribution in [0.2, 0.25) is 0 Å². The van der Waals surface area contributed by atoms with E-state index >= 15 is 0 Å². The molecule has 2 aliphatic rings. The van der Waals surface area contributed by atoms with Crippen molar-refractivity contribution >= 4 is 18.1 Å². The molecule has 1 aromatic heterocycles. The molecule has 240 valence electrons. The molecular weight excluding hydrogens is 596 g/mol. The zero-order valence-corrected chi connectivity index (χ0v) is 28.3. The van der Waals surface area contributed by atoms with E-state index in [9.17, 15) is 9.59 Å². The van der Waals surface area contributed by atoms with E-state index in [1.165, 1.54) is 10.6 Å². The molecule has 2 fully saturated rings. The molecule has 43 heavy (non-hydrogen) atoms. The van der Waals surface area contributed by atoms with Gasteiger partial charge in [0.2, 0.25) is 0 Å². The summed E-state index contributed by atoms with van der Waals surface area (Å²) < 4.78 is 58.0. The van der Waals surface area contributed by atoms with E-state index in [2.05, 4.69) is 4.98 Å². The van der Waals surface area contributed by atoms with E-state index < -0.39 is 47.8 Å². The highest BCUT2D eigenvalue weighted by atomic mass is 28.5. The molecule has 3 heterocycles. The Labute approximate surface area is 254 Å². The number of fused-ring (bicyclic) bond motifs is 1. The quantitative estimate of drug-likeness (QED) is 0.361. The van der Waals surface area contributed by atoms with Gasteiger partial charge in [0, 0.05) is 42.5 Å². The van der Waals surface area contributed by atoms with E-state index in [-0.39, 0.29) is 37.4 Å². The smallest absolute Gasteiger partial charge is 0.497 e. The Morgan fingerprint density at radius 3 is 2.05 bits per heavy atom. The number of methoxy groups -OCH3 is 1. The molecule has 0 radical (unpaired) electrons. The van der Waals surface area contributed by atoms with Gasteiger partial charge < -0.3 is 40.1 Å². The summed E-state index contributed by atoms with van der Waals surface area (Å²) >= 11 is 0. The lowest BCUT2D eigenvalue weighted by atomic mass is 10.1. The number of H-pyrrole nitrogens is 1. The average Bonchev–Trinajstić information content (AvgIpc) is 3.25. The first-order chi connectivity index (χ1) is 20.2. The minimum atomic E-state index is -4.04. The van der Waals surface area contributed by atoms with Crippen LogP contribution in [0.15, 0.2) is 39.9 Å². The molecule has 13 nitrogen and oxygen atoms in total. The molecule has 0 unspecified atom stereocenters. The maximum absolute atomic E-state index is 13.3. The molecule has 0 saturated carbocycles. The summed E-state index contributed by atoms with van der Waals surface area (Å²) in [4.78, 5) is 28.1. The van der Waals surface area contributed by atoms with Gasteiger partial charge in [0.05, 0.1) is 25.5 Å². The SMILES string of the molecule is COc1cccc(-c2cc(=O)[nH]c(=O)n2[C@H]2C[C@@H]3O[Si](OC(C)C)(OC(C)C)O[Si](OC(C)C)(OC(C)C)OC[C@H]3O2)c1. The highest BCUT2D eigenvalue weighted by Gasteiger charge is 2.65. The van der Waals surface area contributed by atoms with E-state index in [0.29, 0.717) is 17.0 Å². The Kier molecular flexibility index (Phi) is 10.9. The van der Waals surface area contributed by atoms with Crippen LogP contribution in [0, 0.1) is 0 Å². The molecule has 4 rings (SSSR count). The van der Waals surface area contributed by atoms with Gasteiger partial charge in [-0.2, -0.15) is 0 Å². The molecule has 1 aromatic carbocycles. The van der Waals surface area contributed by atoms with Crippen LogP contribution >= 0.6 is 0 Å². The van der Waals surface area contributed by atoms with Gasteiger partial charge in [-0.3, -0.25) is 14.3 Å². The van der Waals surface area contributed by atoms with E-state index in [1.807, 2.05) is 55.4 Å². The number of aromatic amines is 1. The lowest BCUT2D eigenvalue weighted by molar-refractivity contribution is -0.144. The van der Waals surface area contributed by atoms with Crippen LogP contribution in [0.4, 0.5) is 0 Å². The highest BCUT2D eigenvalue weighted by molar-refractivity contribution is 6.68. The topological polar surface area (TPSA) is 138 Å². The van der Waals surface area contributed by atoms with Crippen molar-refractivity contribution in [1.29, 1.82) is 0 Å². The Balaban J connectivity index is 1.79. The van der Waals surface area contributed by atoms with E-state index in [4.69, 9.17) is 40.1 Å². The summed E-state index contributed by atoms with van der Waals surface area (Å²) in [5.41, 5.74) is -0.199. The third kappa shape index (κ3) is 8.30. The number of nitrogens with one attached hydrogen (secondary N) is 1. The van der Waals surface area contributed by atoms with Crippen LogP contribution in [0.1, 0.15) is 68.0 Å². The molecule has 0 aliphatic carbocycles. The van der Waals surface area contributed by atoms with Crippen molar-refractivity contribution in [2.45, 2.75) is 105 Å². The lowest BCUT2D eigenvalue weighted by Crippen LogP contribution is -2.67. The van der Waals surface area contributed by atoms with Gasteiger partial charge in [0.1, 0.15) is 18.1 Å². The standard InChI is InChI=1S/C28H44N2O11Si2/c1-17(2)36-42(37-18(3)4)34-16-25-24(40-43(41-42,38-19(5)6)39-20(7)8)15-27(35-25)30-23(14-26(31)29-28(30)32)21-11-10-12-22(13-21)33-9/h10-14,17-20,24-25,27H,15-16H2,1-9H3,(H,29,31,32)/t24-,25+,27+/m0/s1. The number of ether oxygens (including phenoxy) is 2. The molecule has 1 N–H and O–H groups in total. The maximum atomic E-state index is 13.3. The van der Waals surface area contributed by atoms with Gasteiger partial charge in [-0.15, -0.1) is 0 Å². The van der Waals surface area contributed by atoms with Crippen LogP contribution in [0.3, 0.4) is 0 Å². The highest BCUT2D eigenvalue weighted by Crippen LogP contribution is 2.39. The van der Waals surface area contributed by atoms with Crippen LogP contribution in [-0.2, 0) is 35.4 Å². The number of aromatic nitrogens is 2. The number of hydrogen-bond donors (Lipinski definition) is 1. The molecule has 0 bridgehead atoms. The third-order valence-corrected chi connectivity index (χ3v) is 12.5. The van der Waals surface area contributed by atoms with E-state index in [0.717, 1.165) is 0 Å². The van der Waals surface area contributed by atoms with Crippen molar-refractivity contribution in [2.24, 2.45) is 0 Å². The largest absolute Gasteiger partial charge is 0.674 e. The molecule has 2 saturated heterocycles. The van der Waals surface area contributed by atoms with Gasteiger partial charge in [0.25, 0.3) is 5.56 Å². The van der Waals surface area contributed by atoms with Crippen molar-refractivity contribution in [3.63, 3.8) is 0 Å². The van der Waals surface area contributed by atoms with Crippen LogP contribution in [0.25, 0.3) is 11.3 Å². The number of nitrogens with zero attached hydrogens (tertiary/aromatic N) is 1. The Morgan fingerprint density at radius 2 is 1.47 bits per heavy atom. The second kappa shape index (κ2) is 13.8. The first kappa shape index (κ1) is 33.7. The normalized spacial score (nSPS) is 23.5. The van der Waals surface area contributed by atoms with Gasteiger partial charge in [-0.25, -0.2) is 4.79 Å². The van der Waals surface area contributed by atoms with Crippen LogP contribution < -0.4 is 16.0 Å². The second-order valence-electron chi connectivity index (χ2n) is 11.5. The second-order valence-corrected chi connectivity index (χ2v) is 15.8. The summed E-state index contributed by atoms with van der Waals surface area (Å²) in [6.07, 6.45) is -3.26. The summed E-state index contributed by atoms with van der Waals surface area (Å²) in [6.45, 7) is 14.8. The number of hydrogen-bond acceptors (Lipinski definition) is 11. The number of rotatable bonds is 11. The molecule has 3 atom stereocenters. The maximum Gasteiger partial charge on any atom is 0.674 e. The fourth-order valence-corrected chi connectivity index (χ4v) is 11.0.